The highest BCUT2D eigenvalue weighted by Crippen LogP contribution is 2.20. The molecular weight excluding hydrogens is 335 g/mol. The molecule has 0 unspecified atom stereocenters. The Morgan fingerprint density at radius 2 is 1.88 bits per heavy atom. The van der Waals surface area contributed by atoms with Crippen molar-refractivity contribution in [2.45, 2.75) is 6.42 Å². The van der Waals surface area contributed by atoms with Gasteiger partial charge in [0.25, 0.3) is 5.91 Å². The van der Waals surface area contributed by atoms with Crippen LogP contribution in [0.4, 0.5) is 24.7 Å². The maximum Gasteiger partial charge on any atom is 0.275 e. The van der Waals surface area contributed by atoms with Crippen LogP contribution in [0.3, 0.4) is 0 Å². The van der Waals surface area contributed by atoms with E-state index >= 15 is 0 Å². The van der Waals surface area contributed by atoms with Crippen LogP contribution in [0.25, 0.3) is 0 Å². The second-order valence-corrected chi connectivity index (χ2v) is 5.55. The second kappa shape index (κ2) is 8.43. The summed E-state index contributed by atoms with van der Waals surface area (Å²) < 4.78 is 39.6. The number of nitrogens with one attached hydrogen (secondary N) is 2. The van der Waals surface area contributed by atoms with Crippen molar-refractivity contribution in [3.05, 3.63) is 47.7 Å². The molecule has 6 nitrogen and oxygen atoms in total. The summed E-state index contributed by atoms with van der Waals surface area (Å²) in [7, 11) is 3.95. The average molecular weight is 353 g/mol. The van der Waals surface area contributed by atoms with Crippen molar-refractivity contribution in [2.24, 2.45) is 0 Å². The maximum absolute atomic E-state index is 13.6. The number of rotatable bonds is 7. The lowest BCUT2D eigenvalue weighted by Gasteiger charge is -2.10. The predicted octanol–water partition coefficient (Wildman–Crippen LogP) is 2.51. The predicted molar refractivity (Wildman–Crippen MR) is 88.0 cm³/mol. The van der Waals surface area contributed by atoms with Gasteiger partial charge in [-0.1, -0.05) is 0 Å². The molecule has 0 bridgehead atoms. The largest absolute Gasteiger partial charge is 0.369 e. The van der Waals surface area contributed by atoms with E-state index in [0.717, 1.165) is 25.1 Å². The van der Waals surface area contributed by atoms with Gasteiger partial charge < -0.3 is 15.5 Å². The van der Waals surface area contributed by atoms with E-state index in [2.05, 4.69) is 25.5 Å². The van der Waals surface area contributed by atoms with Crippen molar-refractivity contribution in [3.8, 4) is 0 Å². The Morgan fingerprint density at radius 1 is 1.12 bits per heavy atom. The number of anilines is 2. The topological polar surface area (TPSA) is 70.2 Å². The Bertz CT molecular complexity index is 737. The Hall–Kier alpha value is -2.68. The van der Waals surface area contributed by atoms with E-state index in [1.807, 2.05) is 14.1 Å². The zero-order chi connectivity index (χ0) is 18.4. The first-order valence-electron chi connectivity index (χ1n) is 7.54. The number of hydrogen-bond acceptors (Lipinski definition) is 5. The summed E-state index contributed by atoms with van der Waals surface area (Å²) in [6.45, 7) is 1.61. The van der Waals surface area contributed by atoms with Crippen LogP contribution in [0.1, 0.15) is 16.9 Å². The summed E-state index contributed by atoms with van der Waals surface area (Å²) in [6, 6.07) is 1.65. The summed E-state index contributed by atoms with van der Waals surface area (Å²) in [5, 5.41) is 5.19. The minimum atomic E-state index is -1.65. The first-order valence-corrected chi connectivity index (χ1v) is 7.54. The molecule has 1 amide bonds. The van der Waals surface area contributed by atoms with Crippen LogP contribution in [-0.4, -0.2) is 48.0 Å². The first kappa shape index (κ1) is 18.7. The number of benzene rings is 1. The standard InChI is InChI=1S/C16H18F3N5O/c1-24(2)7-3-6-20-13-9-21-12(8-22-13)16(25)23-11-5-4-10(17)14(18)15(11)19/h4-5,8-9H,3,6-7H2,1-2H3,(H,20,22)(H,23,25). The van der Waals surface area contributed by atoms with Gasteiger partial charge in [-0.15, -0.1) is 0 Å². The summed E-state index contributed by atoms with van der Waals surface area (Å²) in [6.07, 6.45) is 3.49. The van der Waals surface area contributed by atoms with E-state index in [-0.39, 0.29) is 5.69 Å². The Labute approximate surface area is 143 Å². The van der Waals surface area contributed by atoms with Gasteiger partial charge in [-0.05, 0) is 39.2 Å². The number of carbonyl (C=O) groups excluding carboxylic acids is 1. The van der Waals surface area contributed by atoms with E-state index in [4.69, 9.17) is 0 Å². The van der Waals surface area contributed by atoms with Crippen molar-refractivity contribution in [1.29, 1.82) is 0 Å². The molecule has 2 aromatic rings. The highest BCUT2D eigenvalue weighted by Gasteiger charge is 2.16. The summed E-state index contributed by atoms with van der Waals surface area (Å²) in [4.78, 5) is 22.0. The SMILES string of the molecule is CN(C)CCCNc1cnc(C(=O)Nc2ccc(F)c(F)c2F)cn1. The highest BCUT2D eigenvalue weighted by atomic mass is 19.2. The molecule has 0 radical (unpaired) electrons. The van der Waals surface area contributed by atoms with Crippen molar-refractivity contribution in [1.82, 2.24) is 14.9 Å². The van der Waals surface area contributed by atoms with E-state index in [0.29, 0.717) is 12.4 Å². The van der Waals surface area contributed by atoms with Crippen LogP contribution in [0.5, 0.6) is 0 Å². The summed E-state index contributed by atoms with van der Waals surface area (Å²) in [5.74, 6) is -4.74. The van der Waals surface area contributed by atoms with E-state index in [9.17, 15) is 18.0 Å². The van der Waals surface area contributed by atoms with Crippen LogP contribution >= 0.6 is 0 Å². The van der Waals surface area contributed by atoms with Crippen molar-refractivity contribution in [3.63, 3.8) is 0 Å². The number of carbonyl (C=O) groups is 1. The zero-order valence-electron chi connectivity index (χ0n) is 13.8. The van der Waals surface area contributed by atoms with Gasteiger partial charge in [0.1, 0.15) is 11.5 Å². The number of nitrogens with zero attached hydrogens (tertiary/aromatic N) is 3. The monoisotopic (exact) mass is 353 g/mol. The molecule has 9 heteroatoms. The smallest absolute Gasteiger partial charge is 0.275 e. The summed E-state index contributed by atoms with van der Waals surface area (Å²) in [5.41, 5.74) is -0.556. The first-order chi connectivity index (χ1) is 11.9. The van der Waals surface area contributed by atoms with Gasteiger partial charge in [-0.3, -0.25) is 4.79 Å². The molecule has 1 aromatic heterocycles. The molecule has 0 aliphatic heterocycles. The van der Waals surface area contributed by atoms with E-state index < -0.39 is 29.0 Å². The molecule has 0 saturated carbocycles. The van der Waals surface area contributed by atoms with Gasteiger partial charge >= 0.3 is 0 Å². The number of halogens is 3. The fraction of sp³-hybridized carbons (Fsp3) is 0.312. The molecule has 0 saturated heterocycles. The lowest BCUT2D eigenvalue weighted by molar-refractivity contribution is 0.102. The molecule has 25 heavy (non-hydrogen) atoms. The van der Waals surface area contributed by atoms with Crippen LogP contribution in [0.15, 0.2) is 24.5 Å². The molecule has 0 spiro atoms. The maximum atomic E-state index is 13.6. The minimum absolute atomic E-state index is 0.0806. The molecule has 0 aliphatic rings. The van der Waals surface area contributed by atoms with Gasteiger partial charge in [0.05, 0.1) is 18.1 Å². The number of aromatic nitrogens is 2. The Kier molecular flexibility index (Phi) is 6.29. The molecule has 0 atom stereocenters. The third-order valence-electron chi connectivity index (χ3n) is 3.26. The van der Waals surface area contributed by atoms with E-state index in [1.165, 1.54) is 12.4 Å². The van der Waals surface area contributed by atoms with Crippen molar-refractivity contribution < 1.29 is 18.0 Å². The third-order valence-corrected chi connectivity index (χ3v) is 3.26. The van der Waals surface area contributed by atoms with Crippen LogP contribution in [-0.2, 0) is 0 Å². The van der Waals surface area contributed by atoms with Gasteiger partial charge in [-0.2, -0.15) is 0 Å². The number of amides is 1. The lowest BCUT2D eigenvalue weighted by atomic mass is 10.2. The third kappa shape index (κ3) is 5.15. The molecule has 0 aliphatic carbocycles. The second-order valence-electron chi connectivity index (χ2n) is 5.55. The quantitative estimate of drug-likeness (QED) is 0.591. The molecule has 2 N–H and O–H groups in total. The van der Waals surface area contributed by atoms with Crippen molar-refractivity contribution >= 4 is 17.4 Å². The van der Waals surface area contributed by atoms with E-state index in [1.54, 1.807) is 0 Å². The fourth-order valence-corrected chi connectivity index (χ4v) is 1.96. The molecular formula is C16H18F3N5O. The minimum Gasteiger partial charge on any atom is -0.369 e. The van der Waals surface area contributed by atoms with Gasteiger partial charge in [0.2, 0.25) is 0 Å². The zero-order valence-corrected chi connectivity index (χ0v) is 13.8. The molecule has 2 rings (SSSR count). The van der Waals surface area contributed by atoms with Crippen LogP contribution < -0.4 is 10.6 Å². The molecule has 134 valence electrons. The van der Waals surface area contributed by atoms with Crippen LogP contribution in [0.2, 0.25) is 0 Å². The van der Waals surface area contributed by atoms with Crippen LogP contribution in [0, 0.1) is 17.5 Å². The number of hydrogen-bond donors (Lipinski definition) is 2. The lowest BCUT2D eigenvalue weighted by Crippen LogP contribution is -2.18. The molecule has 1 heterocycles. The molecule has 0 fully saturated rings. The Morgan fingerprint density at radius 3 is 2.52 bits per heavy atom. The normalized spacial score (nSPS) is 10.8. The van der Waals surface area contributed by atoms with Gasteiger partial charge in [-0.25, -0.2) is 23.1 Å². The van der Waals surface area contributed by atoms with Gasteiger partial charge in [0, 0.05) is 6.54 Å². The molecule has 1 aromatic carbocycles. The Balaban J connectivity index is 1.95. The van der Waals surface area contributed by atoms with Crippen molar-refractivity contribution in [2.75, 3.05) is 37.8 Å². The average Bonchev–Trinajstić information content (AvgIpc) is 2.59. The summed E-state index contributed by atoms with van der Waals surface area (Å²) >= 11 is 0. The van der Waals surface area contributed by atoms with Gasteiger partial charge in [0.15, 0.2) is 17.5 Å². The fourth-order valence-electron chi connectivity index (χ4n) is 1.96. The highest BCUT2D eigenvalue weighted by molar-refractivity contribution is 6.02.